The van der Waals surface area contributed by atoms with Crippen LogP contribution in [0.3, 0.4) is 0 Å². The van der Waals surface area contributed by atoms with Gasteiger partial charge < -0.3 is 19.3 Å². The third-order valence-electron chi connectivity index (χ3n) is 5.33. The lowest BCUT2D eigenvalue weighted by Gasteiger charge is -2.49. The molecule has 26 heavy (non-hydrogen) atoms. The van der Waals surface area contributed by atoms with E-state index in [1.165, 1.54) is 23.5 Å². The maximum absolute atomic E-state index is 9.50. The van der Waals surface area contributed by atoms with Gasteiger partial charge in [0.05, 0.1) is 36.1 Å². The van der Waals surface area contributed by atoms with Gasteiger partial charge in [-0.1, -0.05) is 30.3 Å². The molecule has 1 aromatic rings. The molecule has 1 aromatic carbocycles. The highest BCUT2D eigenvalue weighted by molar-refractivity contribution is 8.18. The highest BCUT2D eigenvalue weighted by atomic mass is 32.2. The highest BCUT2D eigenvalue weighted by Crippen LogP contribution is 2.56. The first-order chi connectivity index (χ1) is 12.7. The third-order valence-corrected chi connectivity index (χ3v) is 8.69. The molecule has 2 spiro atoms. The number of rotatable bonds is 5. The lowest BCUT2D eigenvalue weighted by atomic mass is 9.97. The quantitative estimate of drug-likeness (QED) is 0.817. The van der Waals surface area contributed by atoms with E-state index >= 15 is 0 Å². The van der Waals surface area contributed by atoms with Crippen LogP contribution in [0, 0.1) is 0 Å². The molecule has 3 fully saturated rings. The molecule has 0 aliphatic carbocycles. The Morgan fingerprint density at radius 1 is 1.12 bits per heavy atom. The summed E-state index contributed by atoms with van der Waals surface area (Å²) in [4.78, 5) is 0. The van der Waals surface area contributed by atoms with E-state index in [4.69, 9.17) is 14.2 Å². The van der Waals surface area contributed by atoms with Crippen LogP contribution in [0.2, 0.25) is 0 Å². The molecule has 3 saturated heterocycles. The predicted octanol–water partition coefficient (Wildman–Crippen LogP) is 3.82. The molecule has 3 heterocycles. The molecule has 0 saturated carbocycles. The van der Waals surface area contributed by atoms with E-state index in [2.05, 4.69) is 35.7 Å². The Kier molecular flexibility index (Phi) is 6.18. The fourth-order valence-electron chi connectivity index (χ4n) is 4.18. The summed E-state index contributed by atoms with van der Waals surface area (Å²) in [6, 6.07) is 10.3. The van der Waals surface area contributed by atoms with Gasteiger partial charge in [-0.2, -0.15) is 0 Å². The van der Waals surface area contributed by atoms with Gasteiger partial charge in [0.1, 0.15) is 0 Å². The van der Waals surface area contributed by atoms with E-state index in [1.807, 2.05) is 18.2 Å². The molecule has 6 heteroatoms. The lowest BCUT2D eigenvalue weighted by Crippen LogP contribution is -2.52. The van der Waals surface area contributed by atoms with Gasteiger partial charge in [-0.3, -0.25) is 0 Å². The molecule has 3 atom stereocenters. The molecular formula is C20H28O4S2. The second kappa shape index (κ2) is 8.41. The fourth-order valence-corrected chi connectivity index (χ4v) is 7.77. The zero-order valence-electron chi connectivity index (χ0n) is 15.1. The highest BCUT2D eigenvalue weighted by Gasteiger charge is 2.54. The van der Waals surface area contributed by atoms with Gasteiger partial charge in [0.25, 0.3) is 0 Å². The lowest BCUT2D eigenvalue weighted by molar-refractivity contribution is -0.279. The summed E-state index contributed by atoms with van der Waals surface area (Å²) in [6.07, 6.45) is 4.90. The first kappa shape index (κ1) is 19.1. The smallest absolute Gasteiger partial charge is 0.171 e. The van der Waals surface area contributed by atoms with Crippen molar-refractivity contribution in [2.45, 2.75) is 60.8 Å². The van der Waals surface area contributed by atoms with Crippen LogP contribution in [0.15, 0.2) is 30.3 Å². The minimum Gasteiger partial charge on any atom is -0.394 e. The van der Waals surface area contributed by atoms with Crippen molar-refractivity contribution in [3.05, 3.63) is 35.9 Å². The van der Waals surface area contributed by atoms with Crippen LogP contribution < -0.4 is 0 Å². The summed E-state index contributed by atoms with van der Waals surface area (Å²) in [6.45, 7) is 1.28. The fraction of sp³-hybridized carbons (Fsp3) is 0.700. The van der Waals surface area contributed by atoms with Crippen molar-refractivity contribution in [2.75, 3.05) is 24.7 Å². The molecule has 3 aliphatic rings. The van der Waals surface area contributed by atoms with Gasteiger partial charge in [-0.15, -0.1) is 23.5 Å². The van der Waals surface area contributed by atoms with Gasteiger partial charge >= 0.3 is 0 Å². The standard InChI is InChI=1S/C20H28O4S2/c21-12-17-7-8-19(23-17)15-20(25-9-4-10-26-20)11-18(24-19)14-22-13-16-5-2-1-3-6-16/h1-3,5-6,17-18,21H,4,7-15H2/t17-,18-,19-/m0/s1. The van der Waals surface area contributed by atoms with Crippen molar-refractivity contribution in [1.82, 2.24) is 0 Å². The van der Waals surface area contributed by atoms with Crippen LogP contribution in [0.25, 0.3) is 0 Å². The van der Waals surface area contributed by atoms with E-state index in [9.17, 15) is 5.11 Å². The van der Waals surface area contributed by atoms with Crippen LogP contribution in [0.5, 0.6) is 0 Å². The van der Waals surface area contributed by atoms with Gasteiger partial charge in [-0.25, -0.2) is 0 Å². The third kappa shape index (κ3) is 4.42. The number of aliphatic hydroxyl groups excluding tert-OH is 1. The molecule has 3 aliphatic heterocycles. The molecule has 0 radical (unpaired) electrons. The Balaban J connectivity index is 1.41. The summed E-state index contributed by atoms with van der Waals surface area (Å²) in [5, 5.41) is 9.50. The molecule has 1 N–H and O–H groups in total. The Hall–Kier alpha value is -0.240. The van der Waals surface area contributed by atoms with E-state index in [1.54, 1.807) is 0 Å². The number of ether oxygens (including phenoxy) is 3. The molecule has 4 nitrogen and oxygen atoms in total. The van der Waals surface area contributed by atoms with Crippen molar-refractivity contribution in [2.24, 2.45) is 0 Å². The maximum Gasteiger partial charge on any atom is 0.171 e. The second-order valence-electron chi connectivity index (χ2n) is 7.45. The average molecular weight is 397 g/mol. The van der Waals surface area contributed by atoms with Crippen LogP contribution in [-0.4, -0.2) is 51.9 Å². The van der Waals surface area contributed by atoms with Crippen molar-refractivity contribution in [3.8, 4) is 0 Å². The summed E-state index contributed by atoms with van der Waals surface area (Å²) in [5.41, 5.74) is 1.19. The Morgan fingerprint density at radius 2 is 1.88 bits per heavy atom. The second-order valence-corrected chi connectivity index (χ2v) is 10.7. The van der Waals surface area contributed by atoms with E-state index in [0.29, 0.717) is 13.2 Å². The largest absolute Gasteiger partial charge is 0.394 e. The SMILES string of the molecule is OC[C@@H]1CC[C@]2(CC3(C[C@@H](COCc4ccccc4)O2)SCCCS3)O1. The van der Waals surface area contributed by atoms with Gasteiger partial charge in [0.2, 0.25) is 0 Å². The van der Waals surface area contributed by atoms with Crippen molar-refractivity contribution in [3.63, 3.8) is 0 Å². The topological polar surface area (TPSA) is 47.9 Å². The van der Waals surface area contributed by atoms with Crippen LogP contribution in [0.4, 0.5) is 0 Å². The Morgan fingerprint density at radius 3 is 2.62 bits per heavy atom. The van der Waals surface area contributed by atoms with Gasteiger partial charge in [0, 0.05) is 12.8 Å². The van der Waals surface area contributed by atoms with E-state index in [0.717, 1.165) is 25.7 Å². The number of benzene rings is 1. The van der Waals surface area contributed by atoms with E-state index < -0.39 is 5.79 Å². The molecule has 0 bridgehead atoms. The zero-order chi connectivity index (χ0) is 17.9. The Bertz CT molecular complexity index is 578. The summed E-state index contributed by atoms with van der Waals surface area (Å²) >= 11 is 4.15. The van der Waals surface area contributed by atoms with Crippen LogP contribution in [0.1, 0.15) is 37.7 Å². The summed E-state index contributed by atoms with van der Waals surface area (Å²) < 4.78 is 18.8. The van der Waals surface area contributed by atoms with Gasteiger partial charge in [-0.05, 0) is 36.3 Å². The normalized spacial score (nSPS) is 33.7. The molecule has 144 valence electrons. The first-order valence-electron chi connectivity index (χ1n) is 9.57. The number of thioether (sulfide) groups is 2. The molecule has 0 aromatic heterocycles. The van der Waals surface area contributed by atoms with Crippen LogP contribution in [-0.2, 0) is 20.8 Å². The summed E-state index contributed by atoms with van der Waals surface area (Å²) in [5.74, 6) is 1.89. The predicted molar refractivity (Wildman–Crippen MR) is 106 cm³/mol. The minimum absolute atomic E-state index is 0.0444. The van der Waals surface area contributed by atoms with E-state index in [-0.39, 0.29) is 22.9 Å². The minimum atomic E-state index is -0.538. The maximum atomic E-state index is 9.50. The van der Waals surface area contributed by atoms with Crippen LogP contribution >= 0.6 is 23.5 Å². The Labute approximate surface area is 164 Å². The number of aliphatic hydroxyl groups is 1. The first-order valence-corrected chi connectivity index (χ1v) is 11.5. The summed E-state index contributed by atoms with van der Waals surface area (Å²) in [7, 11) is 0. The number of hydrogen-bond donors (Lipinski definition) is 1. The van der Waals surface area contributed by atoms with Crippen molar-refractivity contribution < 1.29 is 19.3 Å². The molecule has 0 amide bonds. The molecule has 0 unspecified atom stereocenters. The average Bonchev–Trinajstić information content (AvgIpc) is 3.04. The molecular weight excluding hydrogens is 368 g/mol. The van der Waals surface area contributed by atoms with Gasteiger partial charge in [0.15, 0.2) is 5.79 Å². The number of hydrogen-bond acceptors (Lipinski definition) is 6. The van der Waals surface area contributed by atoms with Crippen molar-refractivity contribution >= 4 is 23.5 Å². The molecule has 4 rings (SSSR count). The zero-order valence-corrected chi connectivity index (χ0v) is 16.7. The monoisotopic (exact) mass is 396 g/mol. The van der Waals surface area contributed by atoms with Crippen molar-refractivity contribution in [1.29, 1.82) is 0 Å².